The Morgan fingerprint density at radius 1 is 0.950 bits per heavy atom. The molecule has 0 atom stereocenters. The largest absolute Gasteiger partial charge is 0.306 e. The van der Waals surface area contributed by atoms with Gasteiger partial charge in [-0.2, -0.15) is 0 Å². The van der Waals surface area contributed by atoms with E-state index in [2.05, 4.69) is 9.97 Å². The molecule has 1 aromatic heterocycles. The SMILES string of the molecule is Cc1ccccc1-c1cc(=O)[nH]c(-c2ccccc2)n1. The van der Waals surface area contributed by atoms with Gasteiger partial charge in [0, 0.05) is 17.2 Å². The van der Waals surface area contributed by atoms with E-state index in [-0.39, 0.29) is 5.56 Å². The van der Waals surface area contributed by atoms with Crippen LogP contribution >= 0.6 is 0 Å². The Balaban J connectivity index is 2.18. The van der Waals surface area contributed by atoms with Gasteiger partial charge in [0.25, 0.3) is 5.56 Å². The summed E-state index contributed by atoms with van der Waals surface area (Å²) in [6, 6.07) is 19.1. The number of rotatable bonds is 2. The summed E-state index contributed by atoms with van der Waals surface area (Å²) >= 11 is 0. The Kier molecular flexibility index (Phi) is 3.17. The van der Waals surface area contributed by atoms with E-state index in [4.69, 9.17) is 0 Å². The van der Waals surface area contributed by atoms with Crippen LogP contribution in [-0.2, 0) is 0 Å². The smallest absolute Gasteiger partial charge is 0.251 e. The molecule has 1 heterocycles. The van der Waals surface area contributed by atoms with Crippen LogP contribution in [0.1, 0.15) is 5.56 Å². The number of hydrogen-bond donors (Lipinski definition) is 1. The lowest BCUT2D eigenvalue weighted by Crippen LogP contribution is -2.08. The standard InChI is InChI=1S/C17H14N2O/c1-12-7-5-6-10-14(12)15-11-16(20)19-17(18-15)13-8-3-2-4-9-13/h2-11H,1H3,(H,18,19,20). The zero-order chi connectivity index (χ0) is 13.9. The van der Waals surface area contributed by atoms with Gasteiger partial charge in [0.2, 0.25) is 0 Å². The van der Waals surface area contributed by atoms with Gasteiger partial charge in [-0.15, -0.1) is 0 Å². The summed E-state index contributed by atoms with van der Waals surface area (Å²) in [5.41, 5.74) is 3.54. The molecule has 3 heteroatoms. The van der Waals surface area contributed by atoms with Gasteiger partial charge in [-0.05, 0) is 12.5 Å². The van der Waals surface area contributed by atoms with Crippen molar-refractivity contribution in [3.05, 3.63) is 76.6 Å². The van der Waals surface area contributed by atoms with Gasteiger partial charge in [0.15, 0.2) is 0 Å². The fraction of sp³-hybridized carbons (Fsp3) is 0.0588. The minimum Gasteiger partial charge on any atom is -0.306 e. The van der Waals surface area contributed by atoms with Crippen molar-refractivity contribution in [1.82, 2.24) is 9.97 Å². The summed E-state index contributed by atoms with van der Waals surface area (Å²) in [4.78, 5) is 19.2. The molecule has 0 aliphatic carbocycles. The normalized spacial score (nSPS) is 10.4. The van der Waals surface area contributed by atoms with E-state index in [1.54, 1.807) is 0 Å². The highest BCUT2D eigenvalue weighted by Gasteiger charge is 2.07. The van der Waals surface area contributed by atoms with E-state index in [9.17, 15) is 4.79 Å². The highest BCUT2D eigenvalue weighted by molar-refractivity contribution is 5.66. The highest BCUT2D eigenvalue weighted by Crippen LogP contribution is 2.22. The van der Waals surface area contributed by atoms with Gasteiger partial charge in [0.1, 0.15) is 5.82 Å². The van der Waals surface area contributed by atoms with E-state index in [1.807, 2.05) is 61.5 Å². The molecule has 0 aliphatic rings. The Hall–Kier alpha value is -2.68. The second-order valence-corrected chi connectivity index (χ2v) is 4.66. The molecule has 0 spiro atoms. The molecule has 0 saturated carbocycles. The summed E-state index contributed by atoms with van der Waals surface area (Å²) in [5, 5.41) is 0. The van der Waals surface area contributed by atoms with Crippen molar-refractivity contribution in [1.29, 1.82) is 0 Å². The predicted octanol–water partition coefficient (Wildman–Crippen LogP) is 3.41. The molecular formula is C17H14N2O. The Morgan fingerprint density at radius 3 is 2.40 bits per heavy atom. The molecule has 0 radical (unpaired) electrons. The first-order valence-corrected chi connectivity index (χ1v) is 6.47. The maximum atomic E-state index is 11.9. The minimum absolute atomic E-state index is 0.142. The van der Waals surface area contributed by atoms with Crippen LogP contribution in [-0.4, -0.2) is 9.97 Å². The lowest BCUT2D eigenvalue weighted by molar-refractivity contribution is 1.13. The van der Waals surface area contributed by atoms with E-state index in [1.165, 1.54) is 6.07 Å². The summed E-state index contributed by atoms with van der Waals surface area (Å²) in [6.45, 7) is 2.01. The number of nitrogens with zero attached hydrogens (tertiary/aromatic N) is 1. The van der Waals surface area contributed by atoms with Gasteiger partial charge in [-0.25, -0.2) is 4.98 Å². The average molecular weight is 262 g/mol. The summed E-state index contributed by atoms with van der Waals surface area (Å²) < 4.78 is 0. The second-order valence-electron chi connectivity index (χ2n) is 4.66. The lowest BCUT2D eigenvalue weighted by Gasteiger charge is -2.07. The molecule has 20 heavy (non-hydrogen) atoms. The fourth-order valence-corrected chi connectivity index (χ4v) is 2.19. The molecule has 0 bridgehead atoms. The first-order valence-electron chi connectivity index (χ1n) is 6.47. The van der Waals surface area contributed by atoms with Gasteiger partial charge < -0.3 is 4.98 Å². The first-order chi connectivity index (χ1) is 9.74. The zero-order valence-electron chi connectivity index (χ0n) is 11.1. The van der Waals surface area contributed by atoms with Gasteiger partial charge in [-0.1, -0.05) is 54.6 Å². The van der Waals surface area contributed by atoms with Crippen molar-refractivity contribution < 1.29 is 0 Å². The molecule has 3 aromatic rings. The second kappa shape index (κ2) is 5.13. The van der Waals surface area contributed by atoms with E-state index >= 15 is 0 Å². The van der Waals surface area contributed by atoms with Crippen molar-refractivity contribution in [2.45, 2.75) is 6.92 Å². The molecule has 1 N–H and O–H groups in total. The Bertz CT molecular complexity index is 791. The van der Waals surface area contributed by atoms with Crippen LogP contribution in [0.2, 0.25) is 0 Å². The minimum atomic E-state index is -0.142. The van der Waals surface area contributed by atoms with Crippen LogP contribution in [0.4, 0.5) is 0 Å². The third kappa shape index (κ3) is 2.38. The molecule has 0 amide bonds. The van der Waals surface area contributed by atoms with Crippen LogP contribution in [0.25, 0.3) is 22.6 Å². The van der Waals surface area contributed by atoms with E-state index in [0.29, 0.717) is 11.5 Å². The van der Waals surface area contributed by atoms with E-state index in [0.717, 1.165) is 16.7 Å². The molecular weight excluding hydrogens is 248 g/mol. The maximum absolute atomic E-state index is 11.9. The third-order valence-electron chi connectivity index (χ3n) is 3.21. The molecule has 3 rings (SSSR count). The molecule has 2 aromatic carbocycles. The predicted molar refractivity (Wildman–Crippen MR) is 80.5 cm³/mol. The number of nitrogens with one attached hydrogen (secondary N) is 1. The Labute approximate surface area is 117 Å². The Morgan fingerprint density at radius 2 is 1.65 bits per heavy atom. The third-order valence-corrected chi connectivity index (χ3v) is 3.21. The van der Waals surface area contributed by atoms with Crippen molar-refractivity contribution >= 4 is 0 Å². The van der Waals surface area contributed by atoms with Crippen molar-refractivity contribution in [3.8, 4) is 22.6 Å². The molecule has 0 fully saturated rings. The number of H-pyrrole nitrogens is 1. The quantitative estimate of drug-likeness (QED) is 0.769. The monoisotopic (exact) mass is 262 g/mol. The number of aromatic nitrogens is 2. The summed E-state index contributed by atoms with van der Waals surface area (Å²) in [5.74, 6) is 0.594. The van der Waals surface area contributed by atoms with Crippen molar-refractivity contribution in [2.75, 3.05) is 0 Å². The molecule has 0 unspecified atom stereocenters. The first kappa shape index (κ1) is 12.4. The molecule has 0 saturated heterocycles. The van der Waals surface area contributed by atoms with Gasteiger partial charge in [0.05, 0.1) is 5.69 Å². The van der Waals surface area contributed by atoms with Crippen LogP contribution in [0.3, 0.4) is 0 Å². The number of aryl methyl sites for hydroxylation is 1. The average Bonchev–Trinajstić information content (AvgIpc) is 2.48. The summed E-state index contributed by atoms with van der Waals surface area (Å²) in [7, 11) is 0. The zero-order valence-corrected chi connectivity index (χ0v) is 11.1. The topological polar surface area (TPSA) is 45.8 Å². The maximum Gasteiger partial charge on any atom is 0.251 e. The van der Waals surface area contributed by atoms with Crippen LogP contribution in [0.15, 0.2) is 65.5 Å². The number of aromatic amines is 1. The molecule has 98 valence electrons. The van der Waals surface area contributed by atoms with E-state index < -0.39 is 0 Å². The summed E-state index contributed by atoms with van der Waals surface area (Å²) in [6.07, 6.45) is 0. The lowest BCUT2D eigenvalue weighted by atomic mass is 10.1. The van der Waals surface area contributed by atoms with Crippen LogP contribution in [0, 0.1) is 6.92 Å². The fourth-order valence-electron chi connectivity index (χ4n) is 2.19. The van der Waals surface area contributed by atoms with Crippen LogP contribution < -0.4 is 5.56 Å². The van der Waals surface area contributed by atoms with Crippen molar-refractivity contribution in [2.24, 2.45) is 0 Å². The van der Waals surface area contributed by atoms with Gasteiger partial charge >= 0.3 is 0 Å². The molecule has 3 nitrogen and oxygen atoms in total. The molecule has 0 aliphatic heterocycles. The van der Waals surface area contributed by atoms with Crippen molar-refractivity contribution in [3.63, 3.8) is 0 Å². The highest BCUT2D eigenvalue weighted by atomic mass is 16.1. The number of benzene rings is 2. The van der Waals surface area contributed by atoms with Crippen LogP contribution in [0.5, 0.6) is 0 Å². The van der Waals surface area contributed by atoms with Gasteiger partial charge in [-0.3, -0.25) is 4.79 Å². The number of hydrogen-bond acceptors (Lipinski definition) is 2.